The van der Waals surface area contributed by atoms with Crippen molar-refractivity contribution in [1.29, 1.82) is 0 Å². The highest BCUT2D eigenvalue weighted by Gasteiger charge is 2.29. The van der Waals surface area contributed by atoms with Crippen LogP contribution in [0.15, 0.2) is 23.2 Å². The van der Waals surface area contributed by atoms with Gasteiger partial charge in [-0.3, -0.25) is 4.99 Å². The van der Waals surface area contributed by atoms with Crippen LogP contribution in [0.3, 0.4) is 0 Å². The molecule has 168 valence electrons. The molecular formula is C24H32N2O5. The molecule has 2 aromatic rings. The summed E-state index contributed by atoms with van der Waals surface area (Å²) in [5.41, 5.74) is 3.99. The number of aromatic hydroxyl groups is 1. The van der Waals surface area contributed by atoms with Gasteiger partial charge in [0.15, 0.2) is 0 Å². The Hall–Kier alpha value is -1.93. The third kappa shape index (κ3) is 4.12. The monoisotopic (exact) mass is 428 g/mol. The molecule has 3 aliphatic heterocycles. The van der Waals surface area contributed by atoms with E-state index in [9.17, 15) is 5.11 Å². The average molecular weight is 429 g/mol. The number of fused-ring (bicyclic) bond motifs is 1. The van der Waals surface area contributed by atoms with Gasteiger partial charge in [-0.2, -0.15) is 0 Å². The molecule has 7 nitrogen and oxygen atoms in total. The highest BCUT2D eigenvalue weighted by molar-refractivity contribution is 6.14. The summed E-state index contributed by atoms with van der Waals surface area (Å²) in [6.07, 6.45) is 3.86. The van der Waals surface area contributed by atoms with Crippen LogP contribution in [-0.4, -0.2) is 74.8 Å². The van der Waals surface area contributed by atoms with Gasteiger partial charge >= 0.3 is 0 Å². The number of hydrogen-bond donors (Lipinski definition) is 1. The first-order chi connectivity index (χ1) is 15.3. The van der Waals surface area contributed by atoms with E-state index in [1.165, 1.54) is 5.56 Å². The second-order valence-electron chi connectivity index (χ2n) is 8.75. The quantitative estimate of drug-likeness (QED) is 0.792. The number of benzene rings is 1. The van der Waals surface area contributed by atoms with Crippen molar-refractivity contribution in [2.24, 2.45) is 10.9 Å². The molecule has 2 atom stereocenters. The molecule has 1 aromatic carbocycles. The molecule has 0 saturated carbocycles. The van der Waals surface area contributed by atoms with Gasteiger partial charge in [-0.25, -0.2) is 0 Å². The van der Waals surface area contributed by atoms with Gasteiger partial charge in [0.25, 0.3) is 0 Å². The second kappa shape index (κ2) is 9.28. The Morgan fingerprint density at radius 3 is 2.71 bits per heavy atom. The van der Waals surface area contributed by atoms with Gasteiger partial charge in [-0.05, 0) is 49.3 Å². The first-order valence-electron chi connectivity index (χ1n) is 11.4. The molecule has 5 rings (SSSR count). The zero-order valence-electron chi connectivity index (χ0n) is 18.2. The number of aromatic nitrogens is 1. The minimum atomic E-state index is 0.125. The lowest BCUT2D eigenvalue weighted by Crippen LogP contribution is -2.35. The lowest BCUT2D eigenvalue weighted by atomic mass is 9.89. The van der Waals surface area contributed by atoms with Crippen molar-refractivity contribution in [3.63, 3.8) is 0 Å². The molecular weight excluding hydrogens is 396 g/mol. The molecule has 2 saturated heterocycles. The molecule has 3 aliphatic rings. The van der Waals surface area contributed by atoms with E-state index >= 15 is 0 Å². The van der Waals surface area contributed by atoms with Crippen LogP contribution in [0.4, 0.5) is 0 Å². The van der Waals surface area contributed by atoms with Crippen molar-refractivity contribution >= 4 is 16.6 Å². The molecule has 0 amide bonds. The van der Waals surface area contributed by atoms with Crippen LogP contribution >= 0.6 is 0 Å². The standard InChI is InChI=1S/C24H32N2O5/c1-28-22-15-30-8-4-17(22)12-16-2-3-21-19(13-16)23(20-14-31-11-7-25-20)24(27)26(21)18-5-9-29-10-6-18/h2-3,13,17-18,22,27H,4-12,14-15H2,1H3. The maximum Gasteiger partial charge on any atom is 0.201 e. The summed E-state index contributed by atoms with van der Waals surface area (Å²) >= 11 is 0. The molecule has 0 bridgehead atoms. The van der Waals surface area contributed by atoms with Crippen LogP contribution in [0.1, 0.15) is 36.4 Å². The third-order valence-corrected chi connectivity index (χ3v) is 6.90. The van der Waals surface area contributed by atoms with Gasteiger partial charge in [-0.1, -0.05) is 6.07 Å². The SMILES string of the molecule is COC1COCCC1Cc1ccc2c(c1)c(C1=NCCOC1)c(O)n2C1CCOCC1. The normalized spacial score (nSPS) is 25.6. The van der Waals surface area contributed by atoms with E-state index in [0.717, 1.165) is 67.7 Å². The minimum absolute atomic E-state index is 0.125. The summed E-state index contributed by atoms with van der Waals surface area (Å²) in [6, 6.07) is 6.83. The molecule has 1 aromatic heterocycles. The molecule has 4 heterocycles. The van der Waals surface area contributed by atoms with Crippen LogP contribution in [0, 0.1) is 5.92 Å². The first kappa shape index (κ1) is 20.9. The Morgan fingerprint density at radius 2 is 1.94 bits per heavy atom. The number of hydrogen-bond acceptors (Lipinski definition) is 6. The lowest BCUT2D eigenvalue weighted by Gasteiger charge is -2.30. The molecule has 7 heteroatoms. The predicted octanol–water partition coefficient (Wildman–Crippen LogP) is 3.11. The highest BCUT2D eigenvalue weighted by Crippen LogP contribution is 2.39. The first-order valence-corrected chi connectivity index (χ1v) is 11.4. The van der Waals surface area contributed by atoms with Gasteiger partial charge in [0.1, 0.15) is 0 Å². The van der Waals surface area contributed by atoms with Gasteiger partial charge in [0, 0.05) is 38.4 Å². The van der Waals surface area contributed by atoms with Crippen molar-refractivity contribution in [1.82, 2.24) is 4.57 Å². The number of methoxy groups -OCH3 is 1. The largest absolute Gasteiger partial charge is 0.494 e. The molecule has 2 fully saturated rings. The molecule has 2 unspecified atom stereocenters. The van der Waals surface area contributed by atoms with Gasteiger partial charge in [0.2, 0.25) is 5.88 Å². The summed E-state index contributed by atoms with van der Waals surface area (Å²) in [7, 11) is 1.76. The van der Waals surface area contributed by atoms with E-state index in [4.69, 9.17) is 23.9 Å². The Labute approximate surface area is 182 Å². The minimum Gasteiger partial charge on any atom is -0.494 e. The smallest absolute Gasteiger partial charge is 0.201 e. The fraction of sp³-hybridized carbons (Fsp3) is 0.625. The summed E-state index contributed by atoms with van der Waals surface area (Å²) < 4.78 is 24.6. The predicted molar refractivity (Wildman–Crippen MR) is 118 cm³/mol. The number of rotatable bonds is 5. The van der Waals surface area contributed by atoms with Crippen molar-refractivity contribution in [3.05, 3.63) is 29.3 Å². The van der Waals surface area contributed by atoms with Crippen LogP contribution in [0.25, 0.3) is 10.9 Å². The van der Waals surface area contributed by atoms with Gasteiger partial charge in [-0.15, -0.1) is 0 Å². The second-order valence-corrected chi connectivity index (χ2v) is 8.75. The van der Waals surface area contributed by atoms with Crippen LogP contribution in [0.5, 0.6) is 5.88 Å². The maximum absolute atomic E-state index is 11.4. The van der Waals surface area contributed by atoms with Crippen molar-refractivity contribution in [3.8, 4) is 5.88 Å². The zero-order valence-corrected chi connectivity index (χ0v) is 18.2. The van der Waals surface area contributed by atoms with Gasteiger partial charge < -0.3 is 28.6 Å². The fourth-order valence-electron chi connectivity index (χ4n) is 5.24. The summed E-state index contributed by atoms with van der Waals surface area (Å²) in [6.45, 7) is 4.60. The van der Waals surface area contributed by atoms with Crippen molar-refractivity contribution in [2.75, 3.05) is 53.3 Å². The van der Waals surface area contributed by atoms with Crippen molar-refractivity contribution < 1.29 is 24.1 Å². The number of aliphatic imine (C=N–C) groups is 1. The Kier molecular flexibility index (Phi) is 6.27. The maximum atomic E-state index is 11.4. The van der Waals surface area contributed by atoms with E-state index in [1.807, 2.05) is 0 Å². The molecule has 0 spiro atoms. The van der Waals surface area contributed by atoms with Crippen LogP contribution in [0.2, 0.25) is 0 Å². The number of ether oxygens (including phenoxy) is 4. The average Bonchev–Trinajstić information content (AvgIpc) is 3.11. The van der Waals surface area contributed by atoms with E-state index in [-0.39, 0.29) is 12.1 Å². The Balaban J connectivity index is 1.56. The summed E-state index contributed by atoms with van der Waals surface area (Å²) in [5.74, 6) is 0.741. The molecule has 1 N–H and O–H groups in total. The Bertz CT molecular complexity index is 947. The Morgan fingerprint density at radius 1 is 1.10 bits per heavy atom. The molecule has 0 aliphatic carbocycles. The third-order valence-electron chi connectivity index (χ3n) is 6.90. The molecule has 0 radical (unpaired) electrons. The number of nitrogens with zero attached hydrogens (tertiary/aromatic N) is 2. The zero-order chi connectivity index (χ0) is 21.2. The van der Waals surface area contributed by atoms with Gasteiger partial charge in [0.05, 0.1) is 49.3 Å². The van der Waals surface area contributed by atoms with E-state index < -0.39 is 0 Å². The summed E-state index contributed by atoms with van der Waals surface area (Å²) in [4.78, 5) is 4.70. The van der Waals surface area contributed by atoms with Crippen molar-refractivity contribution in [2.45, 2.75) is 37.8 Å². The van der Waals surface area contributed by atoms with E-state index in [2.05, 4.69) is 22.8 Å². The van der Waals surface area contributed by atoms with Crippen LogP contribution in [-0.2, 0) is 25.4 Å². The summed E-state index contributed by atoms with van der Waals surface area (Å²) in [5, 5.41) is 12.4. The van der Waals surface area contributed by atoms with E-state index in [0.29, 0.717) is 38.2 Å². The van der Waals surface area contributed by atoms with E-state index in [1.54, 1.807) is 7.11 Å². The van der Waals surface area contributed by atoms with Crippen LogP contribution < -0.4 is 0 Å². The topological polar surface area (TPSA) is 74.4 Å². The molecule has 31 heavy (non-hydrogen) atoms. The fourth-order valence-corrected chi connectivity index (χ4v) is 5.24. The highest BCUT2D eigenvalue weighted by atomic mass is 16.5. The lowest BCUT2D eigenvalue weighted by molar-refractivity contribution is -0.0650.